The number of fused-ring (bicyclic) bond motifs is 6. The lowest BCUT2D eigenvalue weighted by Crippen LogP contribution is -2.09. The van der Waals surface area contributed by atoms with Gasteiger partial charge in [-0.1, -0.05) is 170 Å². The fourth-order valence-corrected chi connectivity index (χ4v) is 8.44. The Morgan fingerprint density at radius 2 is 1.13 bits per heavy atom. The summed E-state index contributed by atoms with van der Waals surface area (Å²) in [5, 5.41) is 2.60. The highest BCUT2D eigenvalue weighted by molar-refractivity contribution is 6.10. The number of allylic oxidation sites excluding steroid dienone is 5. The molecular formula is C51H37N. The third-order valence-corrected chi connectivity index (χ3v) is 11.0. The fraction of sp³-hybridized carbons (Fsp3) is 0.0588. The molecule has 0 spiro atoms. The first kappa shape index (κ1) is 30.4. The maximum Gasteiger partial charge on any atom is 0.0566 e. The van der Waals surface area contributed by atoms with Crippen molar-refractivity contribution in [1.82, 2.24) is 4.57 Å². The number of rotatable bonds is 5. The Balaban J connectivity index is 1.04. The van der Waals surface area contributed by atoms with Crippen LogP contribution in [0.3, 0.4) is 0 Å². The Morgan fingerprint density at radius 3 is 1.98 bits per heavy atom. The molecule has 0 bridgehead atoms. The largest absolute Gasteiger partial charge is 0.333 e. The van der Waals surface area contributed by atoms with E-state index in [4.69, 9.17) is 0 Å². The number of para-hydroxylation sites is 1. The summed E-state index contributed by atoms with van der Waals surface area (Å²) in [5.41, 5.74) is 18.1. The molecule has 10 rings (SSSR count). The van der Waals surface area contributed by atoms with Gasteiger partial charge in [-0.3, -0.25) is 0 Å². The summed E-state index contributed by atoms with van der Waals surface area (Å²) in [7, 11) is 0. The molecule has 0 saturated heterocycles. The predicted octanol–water partition coefficient (Wildman–Crippen LogP) is 13.5. The second-order valence-electron chi connectivity index (χ2n) is 14.1. The minimum atomic E-state index is 0.244. The SMILES string of the molecule is C1=CC(n2c3ccccc3c3cc(-c4ccc5c(c4)-c4ccccc4C/C5=C/c4ccc(-c5ccccc5)cc4)ccc32)CC(c2ccccc2)=C1. The lowest BCUT2D eigenvalue weighted by molar-refractivity contribution is 0.656. The van der Waals surface area contributed by atoms with Gasteiger partial charge in [0.15, 0.2) is 0 Å². The molecule has 1 unspecified atom stereocenters. The zero-order valence-electron chi connectivity index (χ0n) is 28.9. The van der Waals surface area contributed by atoms with Gasteiger partial charge in [-0.05, 0) is 104 Å². The van der Waals surface area contributed by atoms with Gasteiger partial charge in [-0.15, -0.1) is 0 Å². The topological polar surface area (TPSA) is 4.93 Å². The lowest BCUT2D eigenvalue weighted by atomic mass is 9.80. The van der Waals surface area contributed by atoms with Gasteiger partial charge in [0.05, 0.1) is 6.04 Å². The number of hydrogen-bond donors (Lipinski definition) is 0. The summed E-state index contributed by atoms with van der Waals surface area (Å²) in [6, 6.07) is 62.6. The van der Waals surface area contributed by atoms with Crippen molar-refractivity contribution in [1.29, 1.82) is 0 Å². The molecule has 0 saturated carbocycles. The zero-order valence-corrected chi connectivity index (χ0v) is 28.9. The van der Waals surface area contributed by atoms with Crippen molar-refractivity contribution in [2.24, 2.45) is 0 Å². The number of nitrogens with zero attached hydrogens (tertiary/aromatic N) is 1. The van der Waals surface area contributed by atoms with E-state index in [1.165, 1.54) is 88.6 Å². The molecule has 1 heteroatoms. The lowest BCUT2D eigenvalue weighted by Gasteiger charge is -2.24. The number of aromatic nitrogens is 1. The molecule has 0 N–H and O–H groups in total. The van der Waals surface area contributed by atoms with Gasteiger partial charge in [0.25, 0.3) is 0 Å². The summed E-state index contributed by atoms with van der Waals surface area (Å²) in [6.45, 7) is 0. The molecule has 7 aromatic carbocycles. The average Bonchev–Trinajstić information content (AvgIpc) is 3.55. The van der Waals surface area contributed by atoms with Crippen LogP contribution in [0.1, 0.15) is 34.7 Å². The van der Waals surface area contributed by atoms with Crippen molar-refractivity contribution in [3.63, 3.8) is 0 Å². The van der Waals surface area contributed by atoms with Crippen LogP contribution in [-0.4, -0.2) is 4.57 Å². The molecule has 0 fully saturated rings. The third-order valence-electron chi connectivity index (χ3n) is 11.0. The highest BCUT2D eigenvalue weighted by atomic mass is 15.0. The molecular weight excluding hydrogens is 627 g/mol. The standard InChI is InChI=1S/C51H37N/c1-3-12-36(13-4-1)38-24-22-35(23-25-38)30-43-31-42-16-7-8-19-45(42)48-33-40(26-28-46(43)48)41-27-29-51-49(34-41)47-20-9-10-21-50(47)52(51)44-18-11-17-39(32-44)37-14-5-2-6-15-37/h1-30,33-34,44H,31-32H2/b43-30-. The molecule has 1 aromatic heterocycles. The monoisotopic (exact) mass is 663 g/mol. The van der Waals surface area contributed by atoms with Crippen molar-refractivity contribution >= 4 is 39.0 Å². The van der Waals surface area contributed by atoms with Crippen molar-refractivity contribution < 1.29 is 0 Å². The summed E-state index contributed by atoms with van der Waals surface area (Å²) < 4.78 is 2.55. The van der Waals surface area contributed by atoms with Gasteiger partial charge in [-0.25, -0.2) is 0 Å². The first-order valence-corrected chi connectivity index (χ1v) is 18.3. The summed E-state index contributed by atoms with van der Waals surface area (Å²) in [4.78, 5) is 0. The molecule has 0 aliphatic heterocycles. The summed E-state index contributed by atoms with van der Waals surface area (Å²) in [6.07, 6.45) is 11.1. The Labute approximate surface area is 305 Å². The second-order valence-corrected chi connectivity index (χ2v) is 14.1. The van der Waals surface area contributed by atoms with Crippen LogP contribution in [0.15, 0.2) is 188 Å². The highest BCUT2D eigenvalue weighted by Gasteiger charge is 2.23. The van der Waals surface area contributed by atoms with Gasteiger partial charge in [0.1, 0.15) is 0 Å². The molecule has 2 aliphatic carbocycles. The van der Waals surface area contributed by atoms with Crippen LogP contribution in [0.2, 0.25) is 0 Å². The van der Waals surface area contributed by atoms with E-state index in [1.54, 1.807) is 0 Å². The Morgan fingerprint density at radius 1 is 0.481 bits per heavy atom. The van der Waals surface area contributed by atoms with Gasteiger partial charge >= 0.3 is 0 Å². The van der Waals surface area contributed by atoms with Crippen molar-refractivity contribution in [2.45, 2.75) is 18.9 Å². The van der Waals surface area contributed by atoms with Crippen molar-refractivity contribution in [2.75, 3.05) is 0 Å². The molecule has 8 aromatic rings. The zero-order chi connectivity index (χ0) is 34.4. The minimum absolute atomic E-state index is 0.244. The van der Waals surface area contributed by atoms with E-state index in [9.17, 15) is 0 Å². The molecule has 0 radical (unpaired) electrons. The molecule has 246 valence electrons. The maximum atomic E-state index is 2.55. The summed E-state index contributed by atoms with van der Waals surface area (Å²) >= 11 is 0. The molecule has 1 nitrogen and oxygen atoms in total. The Hall–Kier alpha value is -6.44. The van der Waals surface area contributed by atoms with Gasteiger partial charge < -0.3 is 4.57 Å². The second kappa shape index (κ2) is 12.7. The van der Waals surface area contributed by atoms with E-state index in [1.807, 2.05) is 0 Å². The van der Waals surface area contributed by atoms with Gasteiger partial charge in [0, 0.05) is 21.8 Å². The van der Waals surface area contributed by atoms with E-state index >= 15 is 0 Å². The molecule has 1 atom stereocenters. The van der Waals surface area contributed by atoms with Gasteiger partial charge in [-0.2, -0.15) is 0 Å². The quantitative estimate of drug-likeness (QED) is 0.173. The van der Waals surface area contributed by atoms with Crippen LogP contribution < -0.4 is 0 Å². The van der Waals surface area contributed by atoms with E-state index in [2.05, 4.69) is 199 Å². The van der Waals surface area contributed by atoms with Crippen LogP contribution in [0.5, 0.6) is 0 Å². The maximum absolute atomic E-state index is 2.55. The van der Waals surface area contributed by atoms with Crippen LogP contribution in [0, 0.1) is 0 Å². The fourth-order valence-electron chi connectivity index (χ4n) is 8.44. The van der Waals surface area contributed by atoms with E-state index in [-0.39, 0.29) is 6.04 Å². The molecule has 0 amide bonds. The normalized spacial score (nSPS) is 15.8. The van der Waals surface area contributed by atoms with Crippen molar-refractivity contribution in [3.05, 3.63) is 210 Å². The van der Waals surface area contributed by atoms with Crippen molar-refractivity contribution in [3.8, 4) is 33.4 Å². The third kappa shape index (κ3) is 5.34. The number of benzene rings is 7. The highest BCUT2D eigenvalue weighted by Crippen LogP contribution is 2.44. The van der Waals surface area contributed by atoms with E-state index in [0.29, 0.717) is 0 Å². The van der Waals surface area contributed by atoms with Crippen LogP contribution in [0.25, 0.3) is 72.4 Å². The Bertz CT molecular complexity index is 2700. The smallest absolute Gasteiger partial charge is 0.0566 e. The molecule has 1 heterocycles. The van der Waals surface area contributed by atoms with Gasteiger partial charge in [0.2, 0.25) is 0 Å². The molecule has 2 aliphatic rings. The summed E-state index contributed by atoms with van der Waals surface area (Å²) in [5.74, 6) is 0. The van der Waals surface area contributed by atoms with E-state index in [0.717, 1.165) is 12.8 Å². The minimum Gasteiger partial charge on any atom is -0.333 e. The van der Waals surface area contributed by atoms with E-state index < -0.39 is 0 Å². The van der Waals surface area contributed by atoms with Crippen LogP contribution in [-0.2, 0) is 6.42 Å². The first-order valence-electron chi connectivity index (χ1n) is 18.3. The molecule has 52 heavy (non-hydrogen) atoms. The predicted molar refractivity (Wildman–Crippen MR) is 221 cm³/mol. The average molecular weight is 664 g/mol. The van der Waals surface area contributed by atoms with Crippen LogP contribution in [0.4, 0.5) is 0 Å². The van der Waals surface area contributed by atoms with Crippen LogP contribution >= 0.6 is 0 Å². The first-order chi connectivity index (χ1) is 25.8. The Kier molecular flexibility index (Phi) is 7.43. The number of hydrogen-bond acceptors (Lipinski definition) is 0.